The number of benzene rings is 1. The minimum Gasteiger partial charge on any atom is -0.397 e. The summed E-state index contributed by atoms with van der Waals surface area (Å²) >= 11 is 0. The number of carbonyl (C=O) groups excluding carboxylic acids is 1. The number of hydrogen-bond acceptors (Lipinski definition) is 2. The Bertz CT molecular complexity index is 434. The number of nitrogens with one attached hydrogen (secondary N) is 1. The molecule has 1 fully saturated rings. The Hall–Kier alpha value is -1.51. The van der Waals surface area contributed by atoms with Gasteiger partial charge < -0.3 is 11.1 Å². The number of amides is 1. The summed E-state index contributed by atoms with van der Waals surface area (Å²) in [4.78, 5) is 12.3. The lowest BCUT2D eigenvalue weighted by Gasteiger charge is -2.19. The second-order valence-electron chi connectivity index (χ2n) is 5.62. The maximum atomic E-state index is 12.3. The Morgan fingerprint density at radius 3 is 2.42 bits per heavy atom. The topological polar surface area (TPSA) is 55.1 Å². The van der Waals surface area contributed by atoms with Gasteiger partial charge >= 0.3 is 0 Å². The lowest BCUT2D eigenvalue weighted by molar-refractivity contribution is -0.120. The van der Waals surface area contributed by atoms with Gasteiger partial charge in [0.2, 0.25) is 5.91 Å². The Kier molecular flexibility index (Phi) is 4.83. The van der Waals surface area contributed by atoms with Crippen LogP contribution in [0.1, 0.15) is 50.5 Å². The quantitative estimate of drug-likeness (QED) is 0.793. The Morgan fingerprint density at radius 2 is 1.79 bits per heavy atom. The van der Waals surface area contributed by atoms with Crippen LogP contribution in [0.5, 0.6) is 0 Å². The summed E-state index contributed by atoms with van der Waals surface area (Å²) in [6.07, 6.45) is 8.20. The molecule has 0 radical (unpaired) electrons. The first kappa shape index (κ1) is 13.9. The highest BCUT2D eigenvalue weighted by Crippen LogP contribution is 2.25. The van der Waals surface area contributed by atoms with Crippen molar-refractivity contribution in [3.8, 4) is 0 Å². The molecular weight excluding hydrogens is 236 g/mol. The molecule has 1 amide bonds. The van der Waals surface area contributed by atoms with Crippen LogP contribution in [-0.4, -0.2) is 5.91 Å². The minimum atomic E-state index is 0.137. The summed E-state index contributed by atoms with van der Waals surface area (Å²) in [5.74, 6) is 0.290. The molecule has 0 heterocycles. The third kappa shape index (κ3) is 3.98. The van der Waals surface area contributed by atoms with Crippen LogP contribution in [0.2, 0.25) is 0 Å². The molecule has 1 aromatic carbocycles. The van der Waals surface area contributed by atoms with Crippen LogP contribution in [-0.2, 0) is 4.79 Å². The first-order valence-electron chi connectivity index (χ1n) is 7.34. The zero-order valence-corrected chi connectivity index (χ0v) is 11.7. The van der Waals surface area contributed by atoms with Crippen molar-refractivity contribution in [3.63, 3.8) is 0 Å². The number of hydrogen-bond donors (Lipinski definition) is 2. The molecule has 0 saturated heterocycles. The SMILES string of the molecule is Cc1ccc(NC(=O)C2CCCCCCC2)c(N)c1. The molecule has 1 aliphatic carbocycles. The van der Waals surface area contributed by atoms with E-state index in [1.165, 1.54) is 32.1 Å². The first-order chi connectivity index (χ1) is 9.16. The summed E-state index contributed by atoms with van der Waals surface area (Å²) in [7, 11) is 0. The fourth-order valence-electron chi connectivity index (χ4n) is 2.75. The summed E-state index contributed by atoms with van der Waals surface area (Å²) < 4.78 is 0. The third-order valence-corrected chi connectivity index (χ3v) is 3.94. The number of aryl methyl sites for hydroxylation is 1. The van der Waals surface area contributed by atoms with Crippen LogP contribution >= 0.6 is 0 Å². The van der Waals surface area contributed by atoms with E-state index in [1.54, 1.807) is 0 Å². The molecule has 0 atom stereocenters. The van der Waals surface area contributed by atoms with Crippen molar-refractivity contribution in [1.82, 2.24) is 0 Å². The molecule has 2 rings (SSSR count). The van der Waals surface area contributed by atoms with Crippen molar-refractivity contribution in [2.75, 3.05) is 11.1 Å². The van der Waals surface area contributed by atoms with Gasteiger partial charge in [0, 0.05) is 5.92 Å². The van der Waals surface area contributed by atoms with Gasteiger partial charge in [-0.1, -0.05) is 38.2 Å². The molecule has 0 unspecified atom stereocenters. The zero-order chi connectivity index (χ0) is 13.7. The van der Waals surface area contributed by atoms with Crippen LogP contribution in [0, 0.1) is 12.8 Å². The predicted molar refractivity (Wildman–Crippen MR) is 80.0 cm³/mol. The summed E-state index contributed by atoms with van der Waals surface area (Å²) in [5.41, 5.74) is 8.45. The molecule has 19 heavy (non-hydrogen) atoms. The van der Waals surface area contributed by atoms with E-state index in [9.17, 15) is 4.79 Å². The Balaban J connectivity index is 1.98. The zero-order valence-electron chi connectivity index (χ0n) is 11.7. The molecule has 3 heteroatoms. The lowest BCUT2D eigenvalue weighted by atomic mass is 9.90. The molecule has 3 nitrogen and oxygen atoms in total. The normalized spacial score (nSPS) is 17.5. The molecule has 1 aliphatic rings. The van der Waals surface area contributed by atoms with Crippen LogP contribution < -0.4 is 11.1 Å². The Labute approximate surface area is 115 Å². The van der Waals surface area contributed by atoms with Gasteiger partial charge in [0.05, 0.1) is 11.4 Å². The van der Waals surface area contributed by atoms with Crippen molar-refractivity contribution < 1.29 is 4.79 Å². The summed E-state index contributed by atoms with van der Waals surface area (Å²) in [5, 5.41) is 2.99. The van der Waals surface area contributed by atoms with Crippen molar-refractivity contribution in [2.24, 2.45) is 5.92 Å². The van der Waals surface area contributed by atoms with Crippen molar-refractivity contribution in [1.29, 1.82) is 0 Å². The molecule has 0 bridgehead atoms. The van der Waals surface area contributed by atoms with Crippen LogP contribution in [0.25, 0.3) is 0 Å². The average Bonchev–Trinajstić information content (AvgIpc) is 2.32. The standard InChI is InChI=1S/C16H24N2O/c1-12-9-10-15(14(17)11-12)18-16(19)13-7-5-3-2-4-6-8-13/h9-11,13H,2-8,17H2,1H3,(H,18,19). The molecule has 0 aliphatic heterocycles. The molecule has 104 valence electrons. The lowest BCUT2D eigenvalue weighted by Crippen LogP contribution is -2.24. The van der Waals surface area contributed by atoms with E-state index in [1.807, 2.05) is 25.1 Å². The monoisotopic (exact) mass is 260 g/mol. The third-order valence-electron chi connectivity index (χ3n) is 3.94. The minimum absolute atomic E-state index is 0.137. The fraction of sp³-hybridized carbons (Fsp3) is 0.562. The van der Waals surface area contributed by atoms with E-state index in [0.29, 0.717) is 5.69 Å². The molecular formula is C16H24N2O. The molecule has 0 aromatic heterocycles. The molecule has 1 aromatic rings. The smallest absolute Gasteiger partial charge is 0.227 e. The number of nitrogen functional groups attached to an aromatic ring is 1. The van der Waals surface area contributed by atoms with Crippen molar-refractivity contribution >= 4 is 17.3 Å². The van der Waals surface area contributed by atoms with E-state index in [4.69, 9.17) is 5.73 Å². The maximum absolute atomic E-state index is 12.3. The highest BCUT2D eigenvalue weighted by molar-refractivity contribution is 5.95. The van der Waals surface area contributed by atoms with E-state index in [2.05, 4.69) is 5.32 Å². The predicted octanol–water partition coefficient (Wildman–Crippen LogP) is 3.88. The van der Waals surface area contributed by atoms with Gasteiger partial charge in [0.15, 0.2) is 0 Å². The highest BCUT2D eigenvalue weighted by Gasteiger charge is 2.19. The van der Waals surface area contributed by atoms with Gasteiger partial charge in [-0.15, -0.1) is 0 Å². The van der Waals surface area contributed by atoms with Gasteiger partial charge in [0.1, 0.15) is 0 Å². The summed E-state index contributed by atoms with van der Waals surface area (Å²) in [6, 6.07) is 5.77. The van der Waals surface area contributed by atoms with E-state index in [-0.39, 0.29) is 11.8 Å². The van der Waals surface area contributed by atoms with Gasteiger partial charge in [0.25, 0.3) is 0 Å². The summed E-state index contributed by atoms with van der Waals surface area (Å²) in [6.45, 7) is 2.00. The number of nitrogens with two attached hydrogens (primary N) is 1. The second-order valence-corrected chi connectivity index (χ2v) is 5.62. The van der Waals surface area contributed by atoms with Gasteiger partial charge in [-0.25, -0.2) is 0 Å². The van der Waals surface area contributed by atoms with Crippen LogP contribution in [0.4, 0.5) is 11.4 Å². The number of carbonyl (C=O) groups is 1. The number of anilines is 2. The largest absolute Gasteiger partial charge is 0.397 e. The average molecular weight is 260 g/mol. The van der Waals surface area contributed by atoms with Crippen molar-refractivity contribution in [2.45, 2.75) is 51.9 Å². The van der Waals surface area contributed by atoms with Gasteiger partial charge in [-0.2, -0.15) is 0 Å². The Morgan fingerprint density at radius 1 is 1.16 bits per heavy atom. The van der Waals surface area contributed by atoms with E-state index >= 15 is 0 Å². The van der Waals surface area contributed by atoms with Crippen LogP contribution in [0.3, 0.4) is 0 Å². The fourth-order valence-corrected chi connectivity index (χ4v) is 2.75. The molecule has 3 N–H and O–H groups in total. The second kappa shape index (κ2) is 6.60. The first-order valence-corrected chi connectivity index (χ1v) is 7.34. The maximum Gasteiger partial charge on any atom is 0.227 e. The van der Waals surface area contributed by atoms with Crippen LogP contribution in [0.15, 0.2) is 18.2 Å². The molecule has 0 spiro atoms. The highest BCUT2D eigenvalue weighted by atomic mass is 16.1. The van der Waals surface area contributed by atoms with Gasteiger partial charge in [-0.3, -0.25) is 4.79 Å². The van der Waals surface area contributed by atoms with E-state index in [0.717, 1.165) is 24.1 Å². The number of rotatable bonds is 2. The van der Waals surface area contributed by atoms with Gasteiger partial charge in [-0.05, 0) is 37.5 Å². The van der Waals surface area contributed by atoms with Crippen molar-refractivity contribution in [3.05, 3.63) is 23.8 Å². The molecule has 1 saturated carbocycles. The van der Waals surface area contributed by atoms with E-state index < -0.39 is 0 Å².